The van der Waals surface area contributed by atoms with Crippen molar-refractivity contribution in [2.45, 2.75) is 20.3 Å². The lowest BCUT2D eigenvalue weighted by Crippen LogP contribution is -1.90. The van der Waals surface area contributed by atoms with E-state index in [-0.39, 0.29) is 7.43 Å². The van der Waals surface area contributed by atoms with Crippen LogP contribution >= 0.6 is 0 Å². The molecule has 90 valence electrons. The zero-order valence-corrected chi connectivity index (χ0v) is 9.18. The molecule has 0 saturated heterocycles. The molecule has 0 spiro atoms. The van der Waals surface area contributed by atoms with Gasteiger partial charge >= 0.3 is 0 Å². The van der Waals surface area contributed by atoms with E-state index in [1.54, 1.807) is 7.11 Å². The monoisotopic (exact) mass is 231 g/mol. The summed E-state index contributed by atoms with van der Waals surface area (Å²) in [5.41, 5.74) is 12.0. The lowest BCUT2D eigenvalue weighted by molar-refractivity contribution is 0.414. The molecule has 0 bridgehead atoms. The molecule has 0 atom stereocenters. The second-order valence-electron chi connectivity index (χ2n) is 3.66. The standard InChI is InChI=1S/C12H13N3O.CH4/c1-16-11-5-4-9-2-3-10(12(9)8-11)6-7-14-15-13;/h3-5,8H,2,6-7H2,1H3;1H4. The maximum absolute atomic E-state index is 8.24. The lowest BCUT2D eigenvalue weighted by atomic mass is 10.0. The summed E-state index contributed by atoms with van der Waals surface area (Å²) in [6.45, 7) is 0.513. The molecule has 1 aliphatic rings. The first kappa shape index (κ1) is 13.1. The molecule has 0 radical (unpaired) electrons. The van der Waals surface area contributed by atoms with E-state index >= 15 is 0 Å². The zero-order valence-electron chi connectivity index (χ0n) is 9.18. The third-order valence-electron chi connectivity index (χ3n) is 2.78. The maximum atomic E-state index is 8.24. The number of ether oxygens (including phenoxy) is 1. The Morgan fingerprint density at radius 1 is 1.47 bits per heavy atom. The second-order valence-corrected chi connectivity index (χ2v) is 3.66. The number of fused-ring (bicyclic) bond motifs is 1. The van der Waals surface area contributed by atoms with Gasteiger partial charge in [0.05, 0.1) is 7.11 Å². The molecular weight excluding hydrogens is 214 g/mol. The molecule has 0 saturated carbocycles. The molecule has 0 heterocycles. The molecule has 0 N–H and O–H groups in total. The van der Waals surface area contributed by atoms with Crippen molar-refractivity contribution in [1.82, 2.24) is 0 Å². The fourth-order valence-corrected chi connectivity index (χ4v) is 1.95. The minimum absolute atomic E-state index is 0. The van der Waals surface area contributed by atoms with Gasteiger partial charge in [-0.25, -0.2) is 0 Å². The van der Waals surface area contributed by atoms with Gasteiger partial charge in [0.1, 0.15) is 5.75 Å². The maximum Gasteiger partial charge on any atom is 0.119 e. The van der Waals surface area contributed by atoms with Crippen molar-refractivity contribution in [2.24, 2.45) is 5.11 Å². The Morgan fingerprint density at radius 2 is 2.29 bits per heavy atom. The molecule has 0 amide bonds. The first-order valence-corrected chi connectivity index (χ1v) is 5.22. The van der Waals surface area contributed by atoms with Crippen molar-refractivity contribution in [1.29, 1.82) is 0 Å². The Kier molecular flexibility index (Phi) is 4.61. The van der Waals surface area contributed by atoms with E-state index in [1.807, 2.05) is 12.1 Å². The summed E-state index contributed by atoms with van der Waals surface area (Å²) in [5.74, 6) is 0.871. The highest BCUT2D eigenvalue weighted by Crippen LogP contribution is 2.32. The van der Waals surface area contributed by atoms with Crippen LogP contribution in [0.25, 0.3) is 16.0 Å². The van der Waals surface area contributed by atoms with Crippen molar-refractivity contribution < 1.29 is 4.74 Å². The third-order valence-corrected chi connectivity index (χ3v) is 2.78. The minimum Gasteiger partial charge on any atom is -0.497 e. The molecule has 1 aromatic rings. The number of methoxy groups -OCH3 is 1. The van der Waals surface area contributed by atoms with Crippen LogP contribution in [0.5, 0.6) is 5.75 Å². The number of hydrogen-bond acceptors (Lipinski definition) is 2. The Bertz CT molecular complexity index is 474. The largest absolute Gasteiger partial charge is 0.497 e. The summed E-state index contributed by atoms with van der Waals surface area (Å²) in [6.07, 6.45) is 3.95. The van der Waals surface area contributed by atoms with Crippen molar-refractivity contribution in [3.8, 4) is 5.75 Å². The second kappa shape index (κ2) is 5.97. The van der Waals surface area contributed by atoms with E-state index in [0.717, 1.165) is 18.6 Å². The van der Waals surface area contributed by atoms with Crippen LogP contribution in [-0.2, 0) is 6.42 Å². The zero-order chi connectivity index (χ0) is 11.4. The average molecular weight is 231 g/mol. The van der Waals surface area contributed by atoms with E-state index in [0.29, 0.717) is 6.54 Å². The summed E-state index contributed by atoms with van der Waals surface area (Å²) in [4.78, 5) is 2.76. The van der Waals surface area contributed by atoms with Crippen LogP contribution in [0.15, 0.2) is 29.4 Å². The minimum atomic E-state index is 0. The van der Waals surface area contributed by atoms with E-state index < -0.39 is 0 Å². The Balaban J connectivity index is 0.00000144. The lowest BCUT2D eigenvalue weighted by Gasteiger charge is -2.06. The highest BCUT2D eigenvalue weighted by Gasteiger charge is 2.13. The van der Waals surface area contributed by atoms with Crippen LogP contribution in [-0.4, -0.2) is 13.7 Å². The fourth-order valence-electron chi connectivity index (χ4n) is 1.95. The molecule has 2 rings (SSSR count). The quantitative estimate of drug-likeness (QED) is 0.439. The molecule has 0 unspecified atom stereocenters. The SMILES string of the molecule is C.COc1ccc2c(c1)C(CCN=[N+]=[N-])=CC2. The van der Waals surface area contributed by atoms with E-state index in [2.05, 4.69) is 22.2 Å². The number of hydrogen-bond donors (Lipinski definition) is 0. The van der Waals surface area contributed by atoms with Crippen LogP contribution in [0.2, 0.25) is 0 Å². The molecule has 1 aliphatic carbocycles. The van der Waals surface area contributed by atoms with Gasteiger partial charge in [-0.05, 0) is 47.2 Å². The molecule has 4 heteroatoms. The number of allylic oxidation sites excluding steroid dienone is 1. The van der Waals surface area contributed by atoms with Crippen LogP contribution in [0.1, 0.15) is 25.0 Å². The topological polar surface area (TPSA) is 58.0 Å². The summed E-state index contributed by atoms with van der Waals surface area (Å²) >= 11 is 0. The van der Waals surface area contributed by atoms with Gasteiger partial charge in [-0.15, -0.1) is 0 Å². The number of azide groups is 1. The van der Waals surface area contributed by atoms with Crippen LogP contribution in [0.3, 0.4) is 0 Å². The molecule has 0 aliphatic heterocycles. The van der Waals surface area contributed by atoms with Gasteiger partial charge in [-0.2, -0.15) is 0 Å². The molecule has 17 heavy (non-hydrogen) atoms. The highest BCUT2D eigenvalue weighted by atomic mass is 16.5. The van der Waals surface area contributed by atoms with Gasteiger partial charge in [0.2, 0.25) is 0 Å². The predicted molar refractivity (Wildman–Crippen MR) is 70.0 cm³/mol. The van der Waals surface area contributed by atoms with E-state index in [1.165, 1.54) is 16.7 Å². The molecule has 0 fully saturated rings. The Labute approximate surface area is 102 Å². The van der Waals surface area contributed by atoms with Crippen LogP contribution in [0.4, 0.5) is 0 Å². The van der Waals surface area contributed by atoms with Crippen molar-refractivity contribution in [3.05, 3.63) is 45.8 Å². The molecule has 0 aromatic heterocycles. The van der Waals surface area contributed by atoms with Crippen molar-refractivity contribution in [3.63, 3.8) is 0 Å². The first-order valence-electron chi connectivity index (χ1n) is 5.22. The van der Waals surface area contributed by atoms with Crippen molar-refractivity contribution in [2.75, 3.05) is 13.7 Å². The fraction of sp³-hybridized carbons (Fsp3) is 0.385. The van der Waals surface area contributed by atoms with Crippen LogP contribution < -0.4 is 4.74 Å². The predicted octanol–water partition coefficient (Wildman–Crippen LogP) is 3.97. The molecule has 1 aromatic carbocycles. The Hall–Kier alpha value is -1.93. The Morgan fingerprint density at radius 3 is 3.00 bits per heavy atom. The van der Waals surface area contributed by atoms with E-state index in [4.69, 9.17) is 10.3 Å². The van der Waals surface area contributed by atoms with E-state index in [9.17, 15) is 0 Å². The number of benzene rings is 1. The van der Waals surface area contributed by atoms with Gasteiger partial charge in [-0.1, -0.05) is 24.7 Å². The molecular formula is C13H17N3O. The molecule has 4 nitrogen and oxygen atoms in total. The highest BCUT2D eigenvalue weighted by molar-refractivity contribution is 5.74. The summed E-state index contributed by atoms with van der Waals surface area (Å²) in [7, 11) is 1.67. The average Bonchev–Trinajstić information content (AvgIpc) is 2.72. The summed E-state index contributed by atoms with van der Waals surface area (Å²) < 4.78 is 5.20. The smallest absolute Gasteiger partial charge is 0.119 e. The first-order chi connectivity index (χ1) is 7.85. The normalized spacial score (nSPS) is 11.9. The summed E-state index contributed by atoms with van der Waals surface area (Å²) in [6, 6.07) is 6.11. The van der Waals surface area contributed by atoms with Gasteiger partial charge < -0.3 is 4.74 Å². The van der Waals surface area contributed by atoms with Crippen molar-refractivity contribution >= 4 is 5.57 Å². The van der Waals surface area contributed by atoms with Gasteiger partial charge in [-0.3, -0.25) is 0 Å². The van der Waals surface area contributed by atoms with Gasteiger partial charge in [0.15, 0.2) is 0 Å². The van der Waals surface area contributed by atoms with Crippen LogP contribution in [0, 0.1) is 0 Å². The van der Waals surface area contributed by atoms with Gasteiger partial charge in [0, 0.05) is 11.5 Å². The third kappa shape index (κ3) is 2.80. The number of nitrogens with zero attached hydrogens (tertiary/aromatic N) is 3. The van der Waals surface area contributed by atoms with Gasteiger partial charge in [0.25, 0.3) is 0 Å². The summed E-state index contributed by atoms with van der Waals surface area (Å²) in [5, 5.41) is 3.56. The number of rotatable bonds is 4.